The van der Waals surface area contributed by atoms with Crippen molar-refractivity contribution in [3.8, 4) is 11.3 Å². The summed E-state index contributed by atoms with van der Waals surface area (Å²) < 4.78 is 46.2. The molecule has 4 heterocycles. The Kier molecular flexibility index (Phi) is 6.70. The molecule has 0 radical (unpaired) electrons. The van der Waals surface area contributed by atoms with Crippen LogP contribution in [0.15, 0.2) is 48.7 Å². The third kappa shape index (κ3) is 4.82. The molecule has 0 spiro atoms. The van der Waals surface area contributed by atoms with Gasteiger partial charge in [0.2, 0.25) is 0 Å². The van der Waals surface area contributed by atoms with E-state index in [1.54, 1.807) is 0 Å². The lowest BCUT2D eigenvalue weighted by molar-refractivity contribution is -0.137. The molecule has 7 nitrogen and oxygen atoms in total. The molecule has 2 atom stereocenters. The Hall–Kier alpha value is -3.40. The third-order valence-corrected chi connectivity index (χ3v) is 6.96. The molecule has 0 bridgehead atoms. The molecule has 2 aromatic heterocycles. The Morgan fingerprint density at radius 3 is 2.69 bits per heavy atom. The second kappa shape index (κ2) is 9.93. The molecule has 3 aromatic rings. The molecular formula is C26H28F3N5O2. The van der Waals surface area contributed by atoms with Gasteiger partial charge in [-0.1, -0.05) is 37.3 Å². The molecular weight excluding hydrogens is 471 g/mol. The maximum Gasteiger partial charge on any atom is 0.417 e. The number of aromatic nitrogens is 3. The zero-order valence-corrected chi connectivity index (χ0v) is 20.0. The third-order valence-electron chi connectivity index (χ3n) is 6.96. The minimum atomic E-state index is -4.43. The first kappa shape index (κ1) is 24.3. The number of carbonyl (C=O) groups is 1. The number of benzene rings is 1. The standard InChI is InChI=1S/C26H28F3N5O2/c1-17-6-5-11-33(20(17)15-31-22-10-9-19(14-30-22)26(27,28)29)25(35)23-21-16-36-13-12-34(21)32-24(23)18-7-3-2-4-8-18/h2-4,7-10,14,17,20H,5-6,11-13,15-16H2,1H3,(H,30,31)/t17-,20-/m1/s1. The summed E-state index contributed by atoms with van der Waals surface area (Å²) in [7, 11) is 0. The number of rotatable bonds is 5. The summed E-state index contributed by atoms with van der Waals surface area (Å²) in [5.41, 5.74) is 2.07. The second-order valence-electron chi connectivity index (χ2n) is 9.31. The molecule has 2 aliphatic rings. The topological polar surface area (TPSA) is 72.3 Å². The highest BCUT2D eigenvalue weighted by Gasteiger charge is 2.37. The number of pyridine rings is 1. The second-order valence-corrected chi connectivity index (χ2v) is 9.31. The van der Waals surface area contributed by atoms with E-state index in [1.165, 1.54) is 6.07 Å². The van der Waals surface area contributed by atoms with Gasteiger partial charge in [0.15, 0.2) is 0 Å². The average Bonchev–Trinajstić information content (AvgIpc) is 3.27. The van der Waals surface area contributed by atoms with Crippen LogP contribution in [0.3, 0.4) is 0 Å². The first-order chi connectivity index (χ1) is 17.3. The number of piperidine rings is 1. The molecule has 1 fully saturated rings. The number of halogens is 3. The van der Waals surface area contributed by atoms with Crippen LogP contribution in [-0.4, -0.2) is 51.3 Å². The van der Waals surface area contributed by atoms with Gasteiger partial charge < -0.3 is 15.0 Å². The van der Waals surface area contributed by atoms with Crippen molar-refractivity contribution in [2.75, 3.05) is 25.0 Å². The molecule has 1 aromatic carbocycles. The number of likely N-dealkylation sites (tertiary alicyclic amines) is 1. The van der Waals surface area contributed by atoms with Crippen LogP contribution in [0.2, 0.25) is 0 Å². The highest BCUT2D eigenvalue weighted by Crippen LogP contribution is 2.33. The van der Waals surface area contributed by atoms with Crippen molar-refractivity contribution in [1.82, 2.24) is 19.7 Å². The number of ether oxygens (including phenoxy) is 1. The van der Waals surface area contributed by atoms with Gasteiger partial charge in [0.1, 0.15) is 11.5 Å². The number of fused-ring (bicyclic) bond motifs is 1. The molecule has 10 heteroatoms. The van der Waals surface area contributed by atoms with Gasteiger partial charge >= 0.3 is 6.18 Å². The van der Waals surface area contributed by atoms with Gasteiger partial charge in [0.25, 0.3) is 5.91 Å². The van der Waals surface area contributed by atoms with Gasteiger partial charge in [-0.3, -0.25) is 9.48 Å². The van der Waals surface area contributed by atoms with Crippen molar-refractivity contribution < 1.29 is 22.7 Å². The van der Waals surface area contributed by atoms with Crippen LogP contribution in [0.1, 0.15) is 41.4 Å². The molecule has 2 aliphatic heterocycles. The number of hydrogen-bond donors (Lipinski definition) is 1. The summed E-state index contributed by atoms with van der Waals surface area (Å²) in [5.74, 6) is 0.446. The van der Waals surface area contributed by atoms with Crippen LogP contribution in [-0.2, 0) is 24.1 Å². The van der Waals surface area contributed by atoms with Gasteiger partial charge in [0, 0.05) is 24.8 Å². The summed E-state index contributed by atoms with van der Waals surface area (Å²) in [5, 5.41) is 7.92. The monoisotopic (exact) mass is 499 g/mol. The number of nitrogens with zero attached hydrogens (tertiary/aromatic N) is 4. The Labute approximate surface area is 207 Å². The van der Waals surface area contributed by atoms with Crippen molar-refractivity contribution in [2.45, 2.75) is 45.1 Å². The summed E-state index contributed by atoms with van der Waals surface area (Å²) in [6.07, 6.45) is -1.78. The Balaban J connectivity index is 1.42. The molecule has 1 N–H and O–H groups in total. The molecule has 190 valence electrons. The largest absolute Gasteiger partial charge is 0.417 e. The number of alkyl halides is 3. The zero-order chi connectivity index (χ0) is 25.3. The van der Waals surface area contributed by atoms with E-state index in [-0.39, 0.29) is 17.9 Å². The van der Waals surface area contributed by atoms with Crippen molar-refractivity contribution in [3.63, 3.8) is 0 Å². The van der Waals surface area contributed by atoms with E-state index in [1.807, 2.05) is 39.9 Å². The Morgan fingerprint density at radius 1 is 1.17 bits per heavy atom. The molecule has 5 rings (SSSR count). The van der Waals surface area contributed by atoms with E-state index in [9.17, 15) is 18.0 Å². The summed E-state index contributed by atoms with van der Waals surface area (Å²) in [6, 6.07) is 11.8. The SMILES string of the molecule is C[C@@H]1CCCN(C(=O)c2c(-c3ccccc3)nn3c2COCC3)[C@@H]1CNc1ccc(C(F)(F)F)cn1. The highest BCUT2D eigenvalue weighted by atomic mass is 19.4. The van der Waals surface area contributed by atoms with Crippen LogP contribution < -0.4 is 5.32 Å². The number of amides is 1. The predicted molar refractivity (Wildman–Crippen MR) is 128 cm³/mol. The quantitative estimate of drug-likeness (QED) is 0.544. The lowest BCUT2D eigenvalue weighted by Gasteiger charge is -2.40. The molecule has 1 saturated heterocycles. The lowest BCUT2D eigenvalue weighted by atomic mass is 9.89. The van der Waals surface area contributed by atoms with E-state index >= 15 is 0 Å². The van der Waals surface area contributed by atoms with Gasteiger partial charge in [0.05, 0.1) is 42.6 Å². The van der Waals surface area contributed by atoms with Crippen molar-refractivity contribution in [2.24, 2.45) is 5.92 Å². The van der Waals surface area contributed by atoms with Crippen LogP contribution in [0.4, 0.5) is 19.0 Å². The number of nitrogens with one attached hydrogen (secondary N) is 1. The Morgan fingerprint density at radius 2 is 1.97 bits per heavy atom. The number of anilines is 1. The maximum absolute atomic E-state index is 14.1. The summed E-state index contributed by atoms with van der Waals surface area (Å²) in [6.45, 7) is 4.53. The zero-order valence-electron chi connectivity index (χ0n) is 20.0. The summed E-state index contributed by atoms with van der Waals surface area (Å²) >= 11 is 0. The van der Waals surface area contributed by atoms with Crippen LogP contribution in [0.5, 0.6) is 0 Å². The van der Waals surface area contributed by atoms with E-state index in [4.69, 9.17) is 9.84 Å². The molecule has 1 amide bonds. The number of hydrogen-bond acceptors (Lipinski definition) is 5. The fraction of sp³-hybridized carbons (Fsp3) is 0.423. The fourth-order valence-electron chi connectivity index (χ4n) is 5.00. The van der Waals surface area contributed by atoms with E-state index < -0.39 is 11.7 Å². The van der Waals surface area contributed by atoms with Gasteiger partial charge in [-0.05, 0) is 30.9 Å². The Bertz CT molecular complexity index is 1210. The molecule has 0 saturated carbocycles. The van der Waals surface area contributed by atoms with Crippen LogP contribution in [0.25, 0.3) is 11.3 Å². The van der Waals surface area contributed by atoms with Crippen molar-refractivity contribution in [1.29, 1.82) is 0 Å². The summed E-state index contributed by atoms with van der Waals surface area (Å²) in [4.78, 5) is 19.9. The lowest BCUT2D eigenvalue weighted by Crippen LogP contribution is -2.51. The fourth-order valence-corrected chi connectivity index (χ4v) is 5.00. The first-order valence-corrected chi connectivity index (χ1v) is 12.1. The van der Waals surface area contributed by atoms with Gasteiger partial charge in [-0.2, -0.15) is 18.3 Å². The molecule has 0 unspecified atom stereocenters. The van der Waals surface area contributed by atoms with Crippen molar-refractivity contribution in [3.05, 3.63) is 65.5 Å². The molecule has 36 heavy (non-hydrogen) atoms. The number of carbonyl (C=O) groups excluding carboxylic acids is 1. The van der Waals surface area contributed by atoms with E-state index in [0.717, 1.165) is 36.4 Å². The minimum absolute atomic E-state index is 0.0978. The molecule has 0 aliphatic carbocycles. The van der Waals surface area contributed by atoms with Crippen LogP contribution in [0, 0.1) is 5.92 Å². The minimum Gasteiger partial charge on any atom is -0.373 e. The smallest absolute Gasteiger partial charge is 0.373 e. The van der Waals surface area contributed by atoms with Gasteiger partial charge in [-0.25, -0.2) is 4.98 Å². The first-order valence-electron chi connectivity index (χ1n) is 12.1. The van der Waals surface area contributed by atoms with Crippen LogP contribution >= 0.6 is 0 Å². The van der Waals surface area contributed by atoms with E-state index in [2.05, 4.69) is 17.2 Å². The van der Waals surface area contributed by atoms with Crippen molar-refractivity contribution >= 4 is 11.7 Å². The normalized spacial score (nSPS) is 20.2. The van der Waals surface area contributed by atoms with E-state index in [0.29, 0.717) is 49.9 Å². The highest BCUT2D eigenvalue weighted by molar-refractivity contribution is 6.01. The maximum atomic E-state index is 14.1. The predicted octanol–water partition coefficient (Wildman–Crippen LogP) is 4.85. The van der Waals surface area contributed by atoms with Gasteiger partial charge in [-0.15, -0.1) is 0 Å². The average molecular weight is 500 g/mol.